The van der Waals surface area contributed by atoms with Crippen LogP contribution in [-0.4, -0.2) is 19.6 Å². The summed E-state index contributed by atoms with van der Waals surface area (Å²) in [6.45, 7) is 1.61. The first-order valence-electron chi connectivity index (χ1n) is 5.93. The number of aromatic nitrogens is 4. The van der Waals surface area contributed by atoms with Crippen molar-refractivity contribution in [3.8, 4) is 0 Å². The third kappa shape index (κ3) is 2.48. The molecule has 0 saturated heterocycles. The molecule has 4 heteroatoms. The zero-order chi connectivity index (χ0) is 12.2. The molecule has 0 bridgehead atoms. The Labute approximate surface area is 105 Å². The molecule has 90 valence electrons. The van der Waals surface area contributed by atoms with Crippen molar-refractivity contribution in [2.24, 2.45) is 0 Å². The minimum absolute atomic E-state index is 0.806. The molecule has 0 amide bonds. The first-order chi connectivity index (χ1) is 8.90. The summed E-state index contributed by atoms with van der Waals surface area (Å²) in [5, 5.41) is 8.43. The van der Waals surface area contributed by atoms with E-state index in [2.05, 4.69) is 34.5 Å². The Bertz CT molecular complexity index is 545. The van der Waals surface area contributed by atoms with E-state index >= 15 is 0 Å². The van der Waals surface area contributed by atoms with Gasteiger partial charge in [0.1, 0.15) is 0 Å². The van der Waals surface area contributed by atoms with Crippen molar-refractivity contribution in [2.45, 2.75) is 13.1 Å². The second-order valence-electron chi connectivity index (χ2n) is 4.23. The molecule has 0 aliphatic heterocycles. The molecule has 0 atom stereocenters. The lowest BCUT2D eigenvalue weighted by Gasteiger charge is -2.06. The van der Waals surface area contributed by atoms with Crippen LogP contribution in [0.1, 0.15) is 11.1 Å². The lowest BCUT2D eigenvalue weighted by molar-refractivity contribution is 0.674. The van der Waals surface area contributed by atoms with Gasteiger partial charge in [-0.2, -0.15) is 10.2 Å². The van der Waals surface area contributed by atoms with E-state index in [0.717, 1.165) is 13.1 Å². The highest BCUT2D eigenvalue weighted by atomic mass is 15.3. The van der Waals surface area contributed by atoms with Crippen LogP contribution in [0.25, 0.3) is 0 Å². The third-order valence-electron chi connectivity index (χ3n) is 2.80. The van der Waals surface area contributed by atoms with Crippen LogP contribution in [0.5, 0.6) is 0 Å². The molecule has 1 aromatic carbocycles. The number of benzene rings is 1. The molecule has 18 heavy (non-hydrogen) atoms. The number of hydrogen-bond acceptors (Lipinski definition) is 2. The summed E-state index contributed by atoms with van der Waals surface area (Å²) in [5.41, 5.74) is 2.51. The molecule has 4 nitrogen and oxygen atoms in total. The molecule has 2 heterocycles. The van der Waals surface area contributed by atoms with Gasteiger partial charge in [0.05, 0.1) is 13.1 Å². The van der Waals surface area contributed by atoms with Crippen LogP contribution in [0, 0.1) is 0 Å². The van der Waals surface area contributed by atoms with Crippen molar-refractivity contribution < 1.29 is 0 Å². The fourth-order valence-electron chi connectivity index (χ4n) is 1.99. The Balaban J connectivity index is 1.76. The van der Waals surface area contributed by atoms with Gasteiger partial charge in [0.25, 0.3) is 0 Å². The molecule has 3 aromatic rings. The molecule has 0 spiro atoms. The Hall–Kier alpha value is -2.36. The van der Waals surface area contributed by atoms with Crippen molar-refractivity contribution in [3.63, 3.8) is 0 Å². The van der Waals surface area contributed by atoms with E-state index in [4.69, 9.17) is 0 Å². The zero-order valence-corrected chi connectivity index (χ0v) is 9.98. The molecule has 0 aliphatic carbocycles. The van der Waals surface area contributed by atoms with E-state index in [1.165, 1.54) is 11.1 Å². The smallest absolute Gasteiger partial charge is 0.0659 e. The van der Waals surface area contributed by atoms with E-state index in [0.29, 0.717) is 0 Å². The standard InChI is InChI=1S/C14H14N4/c1-4-13(11-17-8-2-6-15-17)10-14(5-1)12-18-9-3-7-16-18/h1-10H,11-12H2. The topological polar surface area (TPSA) is 35.6 Å². The maximum absolute atomic E-state index is 4.22. The van der Waals surface area contributed by atoms with Gasteiger partial charge in [0.2, 0.25) is 0 Å². The van der Waals surface area contributed by atoms with Gasteiger partial charge in [0, 0.05) is 24.8 Å². The maximum atomic E-state index is 4.22. The third-order valence-corrected chi connectivity index (χ3v) is 2.80. The zero-order valence-electron chi connectivity index (χ0n) is 9.98. The average Bonchev–Trinajstić information content (AvgIpc) is 3.03. The van der Waals surface area contributed by atoms with Crippen molar-refractivity contribution in [1.82, 2.24) is 19.6 Å². The predicted molar refractivity (Wildman–Crippen MR) is 69.1 cm³/mol. The van der Waals surface area contributed by atoms with E-state index in [1.54, 1.807) is 12.4 Å². The lowest BCUT2D eigenvalue weighted by Crippen LogP contribution is -2.03. The van der Waals surface area contributed by atoms with E-state index in [1.807, 2.05) is 33.9 Å². The second-order valence-corrected chi connectivity index (χ2v) is 4.23. The molecule has 0 unspecified atom stereocenters. The summed E-state index contributed by atoms with van der Waals surface area (Å²) >= 11 is 0. The quantitative estimate of drug-likeness (QED) is 0.698. The molecule has 0 N–H and O–H groups in total. The van der Waals surface area contributed by atoms with E-state index < -0.39 is 0 Å². The van der Waals surface area contributed by atoms with Gasteiger partial charge >= 0.3 is 0 Å². The van der Waals surface area contributed by atoms with Crippen molar-refractivity contribution in [2.75, 3.05) is 0 Å². The van der Waals surface area contributed by atoms with Gasteiger partial charge in [-0.25, -0.2) is 0 Å². The molecule has 0 saturated carbocycles. The Morgan fingerprint density at radius 1 is 0.778 bits per heavy atom. The molecule has 3 rings (SSSR count). The highest BCUT2D eigenvalue weighted by Gasteiger charge is 1.99. The van der Waals surface area contributed by atoms with Gasteiger partial charge < -0.3 is 0 Å². The Morgan fingerprint density at radius 3 is 1.78 bits per heavy atom. The summed E-state index contributed by atoms with van der Waals surface area (Å²) in [5.74, 6) is 0. The normalized spacial score (nSPS) is 10.7. The highest BCUT2D eigenvalue weighted by molar-refractivity contribution is 5.23. The van der Waals surface area contributed by atoms with Crippen LogP contribution < -0.4 is 0 Å². The molecule has 2 aromatic heterocycles. The number of nitrogens with zero attached hydrogens (tertiary/aromatic N) is 4. The van der Waals surface area contributed by atoms with Crippen molar-refractivity contribution in [1.29, 1.82) is 0 Å². The first-order valence-corrected chi connectivity index (χ1v) is 5.93. The van der Waals surface area contributed by atoms with E-state index in [-0.39, 0.29) is 0 Å². The summed E-state index contributed by atoms with van der Waals surface area (Å²) < 4.78 is 3.85. The summed E-state index contributed by atoms with van der Waals surface area (Å²) in [4.78, 5) is 0. The maximum Gasteiger partial charge on any atom is 0.0659 e. The van der Waals surface area contributed by atoms with Gasteiger partial charge in [-0.3, -0.25) is 9.36 Å². The second kappa shape index (κ2) is 4.87. The predicted octanol–water partition coefficient (Wildman–Crippen LogP) is 2.18. The minimum Gasteiger partial charge on any atom is -0.268 e. The summed E-state index contributed by atoms with van der Waals surface area (Å²) in [6, 6.07) is 12.4. The van der Waals surface area contributed by atoms with Crippen molar-refractivity contribution in [3.05, 3.63) is 72.3 Å². The van der Waals surface area contributed by atoms with Gasteiger partial charge in [-0.05, 0) is 23.3 Å². The molecule has 0 radical (unpaired) electrons. The minimum atomic E-state index is 0.806. The summed E-state index contributed by atoms with van der Waals surface area (Å²) in [6.07, 6.45) is 7.54. The van der Waals surface area contributed by atoms with Gasteiger partial charge in [-0.1, -0.05) is 24.3 Å². The fourth-order valence-corrected chi connectivity index (χ4v) is 1.99. The monoisotopic (exact) mass is 238 g/mol. The largest absolute Gasteiger partial charge is 0.268 e. The number of hydrogen-bond donors (Lipinski definition) is 0. The Morgan fingerprint density at radius 2 is 1.33 bits per heavy atom. The van der Waals surface area contributed by atoms with Crippen LogP contribution in [0.4, 0.5) is 0 Å². The van der Waals surface area contributed by atoms with Crippen LogP contribution in [-0.2, 0) is 13.1 Å². The van der Waals surface area contributed by atoms with Crippen LogP contribution in [0.3, 0.4) is 0 Å². The first kappa shape index (κ1) is 10.8. The summed E-state index contributed by atoms with van der Waals surface area (Å²) in [7, 11) is 0. The van der Waals surface area contributed by atoms with Crippen LogP contribution >= 0.6 is 0 Å². The van der Waals surface area contributed by atoms with E-state index in [9.17, 15) is 0 Å². The molecule has 0 fully saturated rings. The lowest BCUT2D eigenvalue weighted by atomic mass is 10.1. The van der Waals surface area contributed by atoms with Crippen LogP contribution in [0.15, 0.2) is 61.2 Å². The highest BCUT2D eigenvalue weighted by Crippen LogP contribution is 2.08. The average molecular weight is 238 g/mol. The van der Waals surface area contributed by atoms with Gasteiger partial charge in [-0.15, -0.1) is 0 Å². The molecular weight excluding hydrogens is 224 g/mol. The molecule has 0 aliphatic rings. The van der Waals surface area contributed by atoms with Gasteiger partial charge in [0.15, 0.2) is 0 Å². The molecular formula is C14H14N4. The van der Waals surface area contributed by atoms with Crippen LogP contribution in [0.2, 0.25) is 0 Å². The Kier molecular flexibility index (Phi) is 2.92. The SMILES string of the molecule is c1cc(Cn2cccn2)cc(Cn2cccn2)c1. The van der Waals surface area contributed by atoms with Crippen molar-refractivity contribution >= 4 is 0 Å². The number of rotatable bonds is 4. The fraction of sp³-hybridized carbons (Fsp3) is 0.143.